The monoisotopic (exact) mass is 391 g/mol. The fourth-order valence-corrected chi connectivity index (χ4v) is 5.33. The number of carbonyl (C=O) groups is 1. The van der Waals surface area contributed by atoms with Gasteiger partial charge in [0.15, 0.2) is 17.2 Å². The zero-order valence-electron chi connectivity index (χ0n) is 14.6. The van der Waals surface area contributed by atoms with Gasteiger partial charge in [-0.3, -0.25) is 0 Å². The average molecular weight is 391 g/mol. The van der Waals surface area contributed by atoms with Crippen molar-refractivity contribution in [3.05, 3.63) is 59.4 Å². The SMILES string of the molecule is COc1ccc(S(=O)(=O)N2CCCC3(C2)OC(=O)c2ccccc23)cc1F. The third-order valence-corrected chi connectivity index (χ3v) is 6.95. The summed E-state index contributed by atoms with van der Waals surface area (Å²) in [5, 5.41) is 0. The average Bonchev–Trinajstić information content (AvgIpc) is 2.93. The van der Waals surface area contributed by atoms with Gasteiger partial charge in [-0.1, -0.05) is 18.2 Å². The number of halogens is 1. The van der Waals surface area contributed by atoms with Gasteiger partial charge in [-0.05, 0) is 37.1 Å². The number of ether oxygens (including phenoxy) is 2. The Morgan fingerprint density at radius 2 is 2.00 bits per heavy atom. The molecule has 1 unspecified atom stereocenters. The third kappa shape index (κ3) is 2.80. The summed E-state index contributed by atoms with van der Waals surface area (Å²) in [6.07, 6.45) is 1.07. The molecule has 0 saturated carbocycles. The smallest absolute Gasteiger partial charge is 0.339 e. The van der Waals surface area contributed by atoms with E-state index in [2.05, 4.69) is 0 Å². The zero-order valence-corrected chi connectivity index (χ0v) is 15.5. The van der Waals surface area contributed by atoms with Gasteiger partial charge in [-0.25, -0.2) is 17.6 Å². The summed E-state index contributed by atoms with van der Waals surface area (Å²) < 4.78 is 51.9. The van der Waals surface area contributed by atoms with Crippen molar-refractivity contribution in [3.63, 3.8) is 0 Å². The number of esters is 1. The molecule has 0 aromatic heterocycles. The minimum Gasteiger partial charge on any atom is -0.494 e. The van der Waals surface area contributed by atoms with Gasteiger partial charge in [0.1, 0.15) is 0 Å². The molecule has 1 atom stereocenters. The zero-order chi connectivity index (χ0) is 19.2. The molecule has 1 saturated heterocycles. The van der Waals surface area contributed by atoms with Crippen molar-refractivity contribution in [2.75, 3.05) is 20.2 Å². The lowest BCUT2D eigenvalue weighted by atomic mass is 9.86. The number of benzene rings is 2. The summed E-state index contributed by atoms with van der Waals surface area (Å²) >= 11 is 0. The van der Waals surface area contributed by atoms with Gasteiger partial charge in [0.05, 0.1) is 24.1 Å². The van der Waals surface area contributed by atoms with Crippen molar-refractivity contribution in [1.82, 2.24) is 4.31 Å². The van der Waals surface area contributed by atoms with E-state index in [9.17, 15) is 17.6 Å². The summed E-state index contributed by atoms with van der Waals surface area (Å²) in [6.45, 7) is 0.281. The van der Waals surface area contributed by atoms with Crippen LogP contribution in [0.4, 0.5) is 4.39 Å². The molecule has 0 amide bonds. The Balaban J connectivity index is 1.70. The molecule has 142 valence electrons. The fourth-order valence-electron chi connectivity index (χ4n) is 3.79. The first kappa shape index (κ1) is 17.9. The number of fused-ring (bicyclic) bond motifs is 2. The van der Waals surface area contributed by atoms with Gasteiger partial charge in [-0.15, -0.1) is 0 Å². The molecule has 2 aliphatic rings. The van der Waals surface area contributed by atoms with Crippen LogP contribution in [0.1, 0.15) is 28.8 Å². The predicted molar refractivity (Wildman–Crippen MR) is 94.5 cm³/mol. The standard InChI is InChI=1S/C19H18FNO5S/c1-25-17-8-7-13(11-16(17)20)27(23,24)21-10-4-9-19(12-21)15-6-3-2-5-14(15)18(22)26-19/h2-3,5-8,11H,4,9-10,12H2,1H3. The lowest BCUT2D eigenvalue weighted by Crippen LogP contribution is -2.48. The molecule has 2 aromatic rings. The maximum atomic E-state index is 14.0. The van der Waals surface area contributed by atoms with Gasteiger partial charge in [0, 0.05) is 12.1 Å². The van der Waals surface area contributed by atoms with E-state index in [1.165, 1.54) is 23.5 Å². The van der Waals surface area contributed by atoms with Crippen molar-refractivity contribution in [2.45, 2.75) is 23.3 Å². The van der Waals surface area contributed by atoms with Crippen LogP contribution in [0.3, 0.4) is 0 Å². The second kappa shape index (κ2) is 6.31. The molecule has 8 heteroatoms. The molecular weight excluding hydrogens is 373 g/mol. The van der Waals surface area contributed by atoms with E-state index >= 15 is 0 Å². The minimum atomic E-state index is -3.95. The molecule has 4 rings (SSSR count). The molecular formula is C19H18FNO5S. The highest BCUT2D eigenvalue weighted by molar-refractivity contribution is 7.89. The predicted octanol–water partition coefficient (Wildman–Crippen LogP) is 2.68. The van der Waals surface area contributed by atoms with Crippen LogP contribution in [-0.4, -0.2) is 38.9 Å². The van der Waals surface area contributed by atoms with Gasteiger partial charge in [-0.2, -0.15) is 4.31 Å². The molecule has 2 heterocycles. The van der Waals surface area contributed by atoms with Crippen LogP contribution in [0.25, 0.3) is 0 Å². The van der Waals surface area contributed by atoms with Crippen LogP contribution < -0.4 is 4.74 Å². The van der Waals surface area contributed by atoms with E-state index in [0.717, 1.165) is 6.07 Å². The Hall–Kier alpha value is -2.45. The lowest BCUT2D eigenvalue weighted by Gasteiger charge is -2.38. The molecule has 6 nitrogen and oxygen atoms in total. The third-order valence-electron chi connectivity index (χ3n) is 5.11. The Kier molecular flexibility index (Phi) is 4.20. The Labute approximate surface area is 156 Å². The summed E-state index contributed by atoms with van der Waals surface area (Å²) in [7, 11) is -2.63. The topological polar surface area (TPSA) is 72.9 Å². The number of methoxy groups -OCH3 is 1. The van der Waals surface area contributed by atoms with Crippen molar-refractivity contribution in [3.8, 4) is 5.75 Å². The first-order valence-corrected chi connectivity index (χ1v) is 9.98. The maximum Gasteiger partial charge on any atom is 0.339 e. The minimum absolute atomic E-state index is 0.00569. The quantitative estimate of drug-likeness (QED) is 0.753. The van der Waals surface area contributed by atoms with Crippen molar-refractivity contribution in [2.24, 2.45) is 0 Å². The second-order valence-corrected chi connectivity index (χ2v) is 8.61. The number of rotatable bonds is 3. The number of piperidine rings is 1. The van der Waals surface area contributed by atoms with Gasteiger partial charge in [0.2, 0.25) is 10.0 Å². The first-order valence-electron chi connectivity index (χ1n) is 8.54. The van der Waals surface area contributed by atoms with Crippen molar-refractivity contribution >= 4 is 16.0 Å². The fraction of sp³-hybridized carbons (Fsp3) is 0.316. The molecule has 0 N–H and O–H groups in total. The van der Waals surface area contributed by atoms with Crippen LogP contribution in [0.5, 0.6) is 5.75 Å². The van der Waals surface area contributed by atoms with Crippen LogP contribution in [0.2, 0.25) is 0 Å². The van der Waals surface area contributed by atoms with Crippen molar-refractivity contribution < 1.29 is 27.1 Å². The maximum absolute atomic E-state index is 14.0. The van der Waals surface area contributed by atoms with E-state index in [4.69, 9.17) is 9.47 Å². The summed E-state index contributed by atoms with van der Waals surface area (Å²) in [4.78, 5) is 12.1. The molecule has 2 aromatic carbocycles. The Bertz CT molecular complexity index is 1020. The van der Waals surface area contributed by atoms with Crippen LogP contribution in [-0.2, 0) is 20.4 Å². The van der Waals surface area contributed by atoms with E-state index in [0.29, 0.717) is 24.0 Å². The van der Waals surface area contributed by atoms with Crippen LogP contribution in [0.15, 0.2) is 47.4 Å². The second-order valence-electron chi connectivity index (χ2n) is 6.67. The van der Waals surface area contributed by atoms with Gasteiger partial charge in [0.25, 0.3) is 0 Å². The lowest BCUT2D eigenvalue weighted by molar-refractivity contribution is -0.0345. The summed E-state index contributed by atoms with van der Waals surface area (Å²) in [5.74, 6) is -1.22. The number of sulfonamides is 1. The van der Waals surface area contributed by atoms with E-state index in [1.807, 2.05) is 0 Å². The molecule has 0 aliphatic carbocycles. The van der Waals surface area contributed by atoms with Crippen LogP contribution >= 0.6 is 0 Å². The highest BCUT2D eigenvalue weighted by atomic mass is 32.2. The summed E-state index contributed by atoms with van der Waals surface area (Å²) in [6, 6.07) is 10.6. The van der Waals surface area contributed by atoms with Crippen molar-refractivity contribution in [1.29, 1.82) is 0 Å². The molecule has 2 aliphatic heterocycles. The highest BCUT2D eigenvalue weighted by Crippen LogP contribution is 2.43. The number of hydrogen-bond donors (Lipinski definition) is 0. The Morgan fingerprint density at radius 3 is 2.74 bits per heavy atom. The van der Waals surface area contributed by atoms with Crippen LogP contribution in [0, 0.1) is 5.82 Å². The molecule has 27 heavy (non-hydrogen) atoms. The van der Waals surface area contributed by atoms with E-state index in [-0.39, 0.29) is 23.7 Å². The summed E-state index contributed by atoms with van der Waals surface area (Å²) in [5.41, 5.74) is 0.173. The largest absolute Gasteiger partial charge is 0.494 e. The normalized spacial score (nSPS) is 22.5. The Morgan fingerprint density at radius 1 is 1.22 bits per heavy atom. The van der Waals surface area contributed by atoms with E-state index < -0.39 is 27.4 Å². The first-order chi connectivity index (χ1) is 12.9. The molecule has 1 fully saturated rings. The number of hydrogen-bond acceptors (Lipinski definition) is 5. The number of carbonyl (C=O) groups excluding carboxylic acids is 1. The van der Waals surface area contributed by atoms with Gasteiger partial charge < -0.3 is 9.47 Å². The number of nitrogens with zero attached hydrogens (tertiary/aromatic N) is 1. The molecule has 0 radical (unpaired) electrons. The highest BCUT2D eigenvalue weighted by Gasteiger charge is 2.50. The molecule has 0 bridgehead atoms. The molecule has 1 spiro atoms. The van der Waals surface area contributed by atoms with Gasteiger partial charge >= 0.3 is 5.97 Å². The van der Waals surface area contributed by atoms with E-state index in [1.54, 1.807) is 24.3 Å².